The van der Waals surface area contributed by atoms with Crippen molar-refractivity contribution in [1.82, 2.24) is 15.8 Å². The van der Waals surface area contributed by atoms with Crippen LogP contribution in [0.1, 0.15) is 63.4 Å². The maximum Gasteiger partial charge on any atom is 0.412 e. The van der Waals surface area contributed by atoms with E-state index < -0.39 is 17.6 Å². The summed E-state index contributed by atoms with van der Waals surface area (Å²) < 4.78 is 10.6. The molecule has 0 atom stereocenters. The van der Waals surface area contributed by atoms with Gasteiger partial charge in [0.25, 0.3) is 11.8 Å². The average Bonchev–Trinajstić information content (AvgIpc) is 3.30. The standard InChI is InChI=1S/C24H33N5O6/c1-24(2,3)34-23(32)27-17-11-9-10-16(14-17)20-15-19(29-35-20)22(31)26-13-8-6-5-7-12-18(28-33)21(30)25-4/h9-11,14-15,33H,5-8,12-13H2,1-4H3,(H,25,30)(H,26,31)(H,27,32)/b28-18+. The largest absolute Gasteiger partial charge is 0.444 e. The van der Waals surface area contributed by atoms with Gasteiger partial charge >= 0.3 is 6.09 Å². The Morgan fingerprint density at radius 1 is 1.11 bits per heavy atom. The molecule has 0 aliphatic carbocycles. The molecule has 0 aliphatic heterocycles. The predicted octanol–water partition coefficient (Wildman–Crippen LogP) is 3.95. The first-order valence-corrected chi connectivity index (χ1v) is 11.4. The number of aromatic nitrogens is 1. The molecule has 2 rings (SSSR count). The monoisotopic (exact) mass is 487 g/mol. The summed E-state index contributed by atoms with van der Waals surface area (Å²) in [6.45, 7) is 5.81. The van der Waals surface area contributed by atoms with Crippen LogP contribution in [0.15, 0.2) is 40.0 Å². The summed E-state index contributed by atoms with van der Waals surface area (Å²) in [5.41, 5.74) is 0.813. The molecule has 1 aromatic carbocycles. The van der Waals surface area contributed by atoms with E-state index in [1.807, 2.05) is 0 Å². The molecule has 0 fully saturated rings. The van der Waals surface area contributed by atoms with Crippen LogP contribution in [0.2, 0.25) is 0 Å². The van der Waals surface area contributed by atoms with E-state index in [1.54, 1.807) is 45.0 Å². The van der Waals surface area contributed by atoms with E-state index in [1.165, 1.54) is 13.1 Å². The zero-order valence-corrected chi connectivity index (χ0v) is 20.5. The second kappa shape index (κ2) is 13.1. The van der Waals surface area contributed by atoms with Crippen LogP contribution in [0.3, 0.4) is 0 Å². The lowest BCUT2D eigenvalue weighted by Gasteiger charge is -2.19. The summed E-state index contributed by atoms with van der Waals surface area (Å²) in [5.74, 6) is -0.351. The number of nitrogens with one attached hydrogen (secondary N) is 3. The van der Waals surface area contributed by atoms with Crippen molar-refractivity contribution >= 4 is 29.3 Å². The first-order valence-electron chi connectivity index (χ1n) is 11.4. The molecule has 3 amide bonds. The van der Waals surface area contributed by atoms with Gasteiger partial charge < -0.3 is 25.1 Å². The number of unbranched alkanes of at least 4 members (excludes halogenated alkanes) is 3. The molecule has 190 valence electrons. The normalized spacial score (nSPS) is 11.6. The quantitative estimate of drug-likeness (QED) is 0.162. The Balaban J connectivity index is 1.78. The summed E-state index contributed by atoms with van der Waals surface area (Å²) in [6, 6.07) is 8.47. The van der Waals surface area contributed by atoms with Gasteiger partial charge in [0, 0.05) is 30.9 Å². The summed E-state index contributed by atoms with van der Waals surface area (Å²) in [5, 5.41) is 23.6. The Hall–Kier alpha value is -3.89. The number of nitrogens with zero attached hydrogens (tertiary/aromatic N) is 2. The Morgan fingerprint density at radius 3 is 2.54 bits per heavy atom. The fraction of sp³-hybridized carbons (Fsp3) is 0.458. The third-order valence-corrected chi connectivity index (χ3v) is 4.77. The van der Waals surface area contributed by atoms with Gasteiger partial charge in [0.2, 0.25) is 0 Å². The number of oxime groups is 1. The fourth-order valence-electron chi connectivity index (χ4n) is 3.11. The second-order valence-electron chi connectivity index (χ2n) is 8.83. The third kappa shape index (κ3) is 9.48. The molecule has 0 bridgehead atoms. The minimum atomic E-state index is -0.611. The van der Waals surface area contributed by atoms with Crippen molar-refractivity contribution < 1.29 is 28.9 Å². The van der Waals surface area contributed by atoms with E-state index in [0.717, 1.165) is 19.3 Å². The molecule has 0 aliphatic rings. The minimum Gasteiger partial charge on any atom is -0.444 e. The van der Waals surface area contributed by atoms with E-state index in [-0.39, 0.29) is 17.3 Å². The Morgan fingerprint density at radius 2 is 1.86 bits per heavy atom. The molecule has 0 saturated heterocycles. The average molecular weight is 488 g/mol. The van der Waals surface area contributed by atoms with E-state index in [4.69, 9.17) is 14.5 Å². The lowest BCUT2D eigenvalue weighted by Crippen LogP contribution is -2.27. The third-order valence-electron chi connectivity index (χ3n) is 4.77. The highest BCUT2D eigenvalue weighted by molar-refractivity contribution is 6.38. The van der Waals surface area contributed by atoms with Gasteiger partial charge in [0.15, 0.2) is 11.5 Å². The number of hydrogen-bond acceptors (Lipinski definition) is 8. The highest BCUT2D eigenvalue weighted by atomic mass is 16.6. The van der Waals surface area contributed by atoms with Crippen molar-refractivity contribution in [3.63, 3.8) is 0 Å². The lowest BCUT2D eigenvalue weighted by molar-refractivity contribution is -0.114. The second-order valence-corrected chi connectivity index (χ2v) is 8.83. The van der Waals surface area contributed by atoms with Crippen LogP contribution >= 0.6 is 0 Å². The maximum absolute atomic E-state index is 12.4. The van der Waals surface area contributed by atoms with E-state index in [0.29, 0.717) is 36.4 Å². The van der Waals surface area contributed by atoms with Crippen LogP contribution < -0.4 is 16.0 Å². The van der Waals surface area contributed by atoms with E-state index in [2.05, 4.69) is 26.3 Å². The molecule has 35 heavy (non-hydrogen) atoms. The molecule has 1 aromatic heterocycles. The number of amides is 3. The van der Waals surface area contributed by atoms with E-state index in [9.17, 15) is 14.4 Å². The number of hydrogen-bond donors (Lipinski definition) is 4. The topological polar surface area (TPSA) is 155 Å². The molecule has 1 heterocycles. The van der Waals surface area contributed by atoms with Crippen LogP contribution in [0.5, 0.6) is 0 Å². The molecule has 2 aromatic rings. The molecule has 11 nitrogen and oxygen atoms in total. The van der Waals surface area contributed by atoms with Gasteiger partial charge in [-0.1, -0.05) is 35.3 Å². The highest BCUT2D eigenvalue weighted by Crippen LogP contribution is 2.24. The van der Waals surface area contributed by atoms with Crippen molar-refractivity contribution in [3.8, 4) is 11.3 Å². The van der Waals surface area contributed by atoms with Gasteiger partial charge in [-0.15, -0.1) is 0 Å². The van der Waals surface area contributed by atoms with Gasteiger partial charge in [-0.05, 0) is 52.2 Å². The summed E-state index contributed by atoms with van der Waals surface area (Å²) in [4.78, 5) is 35.8. The summed E-state index contributed by atoms with van der Waals surface area (Å²) in [6.07, 6.45) is 2.94. The first-order chi connectivity index (χ1) is 16.6. The predicted molar refractivity (Wildman–Crippen MR) is 131 cm³/mol. The van der Waals surface area contributed by atoms with Crippen LogP contribution in [0, 0.1) is 0 Å². The Bertz CT molecular complexity index is 1040. The Labute approximate surface area is 204 Å². The molecule has 0 saturated carbocycles. The van der Waals surface area contributed by atoms with Crippen molar-refractivity contribution in [2.45, 2.75) is 58.5 Å². The van der Waals surface area contributed by atoms with Crippen molar-refractivity contribution in [3.05, 3.63) is 36.0 Å². The van der Waals surface area contributed by atoms with Gasteiger partial charge in [-0.3, -0.25) is 14.9 Å². The molecular formula is C24H33N5O6. The number of carbonyl (C=O) groups excluding carboxylic acids is 3. The van der Waals surface area contributed by atoms with Crippen molar-refractivity contribution in [2.24, 2.45) is 5.16 Å². The molecule has 11 heteroatoms. The molecule has 0 radical (unpaired) electrons. The van der Waals surface area contributed by atoms with Crippen LogP contribution in [0.25, 0.3) is 11.3 Å². The zero-order valence-electron chi connectivity index (χ0n) is 20.5. The van der Waals surface area contributed by atoms with Gasteiger partial charge in [0.05, 0.1) is 0 Å². The van der Waals surface area contributed by atoms with Crippen molar-refractivity contribution in [1.29, 1.82) is 0 Å². The smallest absolute Gasteiger partial charge is 0.412 e. The van der Waals surface area contributed by atoms with Gasteiger partial charge in [0.1, 0.15) is 11.3 Å². The SMILES string of the molecule is CNC(=O)/C(CCCCCCNC(=O)c1cc(-c2cccc(NC(=O)OC(C)(C)C)c2)on1)=N/O. The summed E-state index contributed by atoms with van der Waals surface area (Å²) in [7, 11) is 1.48. The summed E-state index contributed by atoms with van der Waals surface area (Å²) >= 11 is 0. The number of rotatable bonds is 11. The molecule has 0 spiro atoms. The van der Waals surface area contributed by atoms with Crippen LogP contribution in [0.4, 0.5) is 10.5 Å². The minimum absolute atomic E-state index is 0.105. The molecule has 0 unspecified atom stereocenters. The lowest BCUT2D eigenvalue weighted by atomic mass is 10.1. The number of carbonyl (C=O) groups is 3. The van der Waals surface area contributed by atoms with Crippen molar-refractivity contribution in [2.75, 3.05) is 18.9 Å². The number of benzene rings is 1. The zero-order chi connectivity index (χ0) is 25.8. The maximum atomic E-state index is 12.4. The molecule has 4 N–H and O–H groups in total. The number of anilines is 1. The highest BCUT2D eigenvalue weighted by Gasteiger charge is 2.17. The molecular weight excluding hydrogens is 454 g/mol. The van der Waals surface area contributed by atoms with Gasteiger partial charge in [-0.2, -0.15) is 0 Å². The van der Waals surface area contributed by atoms with E-state index >= 15 is 0 Å². The van der Waals surface area contributed by atoms with Crippen LogP contribution in [-0.2, 0) is 9.53 Å². The van der Waals surface area contributed by atoms with Crippen LogP contribution in [-0.4, -0.2) is 53.2 Å². The Kier molecular flexibility index (Phi) is 10.2. The first kappa shape index (κ1) is 27.4. The number of ether oxygens (including phenoxy) is 1. The van der Waals surface area contributed by atoms with Gasteiger partial charge in [-0.25, -0.2) is 4.79 Å². The fourth-order valence-corrected chi connectivity index (χ4v) is 3.11.